The molecule has 1 aliphatic rings. The second kappa shape index (κ2) is 5.68. The first kappa shape index (κ1) is 11.9. The number of hydrogen-bond acceptors (Lipinski definition) is 4. The molecule has 1 aromatic carbocycles. The highest BCUT2D eigenvalue weighted by Crippen LogP contribution is 2.18. The Bertz CT molecular complexity index is 377. The van der Waals surface area contributed by atoms with Crippen LogP contribution in [0, 0.1) is 0 Å². The molecule has 4 heteroatoms. The van der Waals surface area contributed by atoms with Gasteiger partial charge in [-0.15, -0.1) is 0 Å². The number of rotatable bonds is 3. The van der Waals surface area contributed by atoms with Crippen molar-refractivity contribution in [2.24, 2.45) is 5.10 Å². The monoisotopic (exact) mass is 234 g/mol. The van der Waals surface area contributed by atoms with Crippen LogP contribution in [0.4, 0.5) is 5.69 Å². The summed E-state index contributed by atoms with van der Waals surface area (Å²) in [6.45, 7) is 0. The van der Waals surface area contributed by atoms with E-state index in [2.05, 4.69) is 10.5 Å². The van der Waals surface area contributed by atoms with Crippen molar-refractivity contribution >= 4 is 11.4 Å². The van der Waals surface area contributed by atoms with Gasteiger partial charge in [-0.05, 0) is 49.9 Å². The van der Waals surface area contributed by atoms with Gasteiger partial charge in [0.15, 0.2) is 0 Å². The average molecular weight is 234 g/mol. The third-order valence-corrected chi connectivity index (χ3v) is 2.97. The third kappa shape index (κ3) is 3.46. The van der Waals surface area contributed by atoms with Gasteiger partial charge in [-0.3, -0.25) is 5.43 Å². The first-order chi connectivity index (χ1) is 8.28. The maximum Gasteiger partial charge on any atom is 0.119 e. The molecular formula is C13H18N2O2. The van der Waals surface area contributed by atoms with Crippen molar-refractivity contribution in [2.45, 2.75) is 31.8 Å². The summed E-state index contributed by atoms with van der Waals surface area (Å²) >= 11 is 0. The number of hydrogen-bond donors (Lipinski definition) is 2. The van der Waals surface area contributed by atoms with E-state index in [1.807, 2.05) is 24.3 Å². The quantitative estimate of drug-likeness (QED) is 0.790. The van der Waals surface area contributed by atoms with Crippen LogP contribution in [0.25, 0.3) is 0 Å². The fourth-order valence-corrected chi connectivity index (χ4v) is 1.86. The molecule has 0 amide bonds. The number of methoxy groups -OCH3 is 1. The zero-order valence-corrected chi connectivity index (χ0v) is 10.0. The molecule has 1 saturated carbocycles. The van der Waals surface area contributed by atoms with Crippen molar-refractivity contribution in [3.63, 3.8) is 0 Å². The Hall–Kier alpha value is -1.55. The predicted octanol–water partition coefficient (Wildman–Crippen LogP) is 2.40. The summed E-state index contributed by atoms with van der Waals surface area (Å²) < 4.78 is 5.08. The third-order valence-electron chi connectivity index (χ3n) is 2.97. The first-order valence-electron chi connectivity index (χ1n) is 5.91. The molecule has 0 aliphatic heterocycles. The maximum atomic E-state index is 9.38. The minimum atomic E-state index is -0.144. The normalized spacial score (nSPS) is 19.9. The number of nitrogens with one attached hydrogen (secondary N) is 1. The highest BCUT2D eigenvalue weighted by atomic mass is 16.5. The molecule has 0 unspecified atom stereocenters. The molecule has 2 N–H and O–H groups in total. The van der Waals surface area contributed by atoms with Crippen LogP contribution in [0.2, 0.25) is 0 Å². The summed E-state index contributed by atoms with van der Waals surface area (Å²) in [5, 5.41) is 13.7. The van der Waals surface area contributed by atoms with Crippen molar-refractivity contribution in [3.8, 4) is 5.75 Å². The summed E-state index contributed by atoms with van der Waals surface area (Å²) in [5.74, 6) is 0.837. The van der Waals surface area contributed by atoms with Gasteiger partial charge < -0.3 is 9.84 Å². The summed E-state index contributed by atoms with van der Waals surface area (Å²) in [4.78, 5) is 0. The number of benzene rings is 1. The molecule has 4 nitrogen and oxygen atoms in total. The zero-order valence-electron chi connectivity index (χ0n) is 10.0. The van der Waals surface area contributed by atoms with Crippen LogP contribution < -0.4 is 10.2 Å². The summed E-state index contributed by atoms with van der Waals surface area (Å²) in [6.07, 6.45) is 3.26. The van der Waals surface area contributed by atoms with Crippen molar-refractivity contribution in [3.05, 3.63) is 24.3 Å². The van der Waals surface area contributed by atoms with E-state index in [1.165, 1.54) is 0 Å². The second-order valence-corrected chi connectivity index (χ2v) is 4.25. The lowest BCUT2D eigenvalue weighted by Crippen LogP contribution is -2.18. The predicted molar refractivity (Wildman–Crippen MR) is 68.5 cm³/mol. The van der Waals surface area contributed by atoms with Crippen molar-refractivity contribution in [1.29, 1.82) is 0 Å². The topological polar surface area (TPSA) is 53.8 Å². The lowest BCUT2D eigenvalue weighted by atomic mass is 9.96. The van der Waals surface area contributed by atoms with Gasteiger partial charge in [-0.1, -0.05) is 0 Å². The molecule has 0 radical (unpaired) electrons. The van der Waals surface area contributed by atoms with Crippen molar-refractivity contribution in [2.75, 3.05) is 12.5 Å². The smallest absolute Gasteiger partial charge is 0.119 e. The van der Waals surface area contributed by atoms with Crippen LogP contribution in [-0.2, 0) is 0 Å². The summed E-state index contributed by atoms with van der Waals surface area (Å²) in [5.41, 5.74) is 5.11. The molecule has 1 aliphatic carbocycles. The van der Waals surface area contributed by atoms with Crippen LogP contribution in [0.1, 0.15) is 25.7 Å². The number of anilines is 1. The molecule has 17 heavy (non-hydrogen) atoms. The number of aliphatic hydroxyl groups is 1. The molecule has 1 fully saturated rings. The Kier molecular flexibility index (Phi) is 3.98. The van der Waals surface area contributed by atoms with Crippen molar-refractivity contribution < 1.29 is 9.84 Å². The van der Waals surface area contributed by atoms with Gasteiger partial charge in [0, 0.05) is 5.71 Å². The number of hydrazone groups is 1. The van der Waals surface area contributed by atoms with E-state index in [9.17, 15) is 5.11 Å². The molecule has 0 spiro atoms. The molecule has 92 valence electrons. The van der Waals surface area contributed by atoms with Gasteiger partial charge in [-0.25, -0.2) is 0 Å². The van der Waals surface area contributed by atoms with E-state index in [-0.39, 0.29) is 6.10 Å². The Labute approximate surface area is 101 Å². The minimum absolute atomic E-state index is 0.144. The van der Waals surface area contributed by atoms with Gasteiger partial charge in [-0.2, -0.15) is 5.10 Å². The van der Waals surface area contributed by atoms with Crippen LogP contribution >= 0.6 is 0 Å². The number of nitrogens with zero attached hydrogens (tertiary/aromatic N) is 1. The SMILES string of the molecule is COc1ccc(NN=C2CCC(O)CC2)cc1. The Balaban J connectivity index is 1.90. The Morgan fingerprint density at radius 1 is 1.24 bits per heavy atom. The van der Waals surface area contributed by atoms with Gasteiger partial charge >= 0.3 is 0 Å². The number of ether oxygens (including phenoxy) is 1. The summed E-state index contributed by atoms with van der Waals surface area (Å²) in [7, 11) is 1.65. The van der Waals surface area contributed by atoms with Gasteiger partial charge in [0.2, 0.25) is 0 Å². The van der Waals surface area contributed by atoms with E-state index in [0.717, 1.165) is 42.8 Å². The summed E-state index contributed by atoms with van der Waals surface area (Å²) in [6, 6.07) is 7.65. The Morgan fingerprint density at radius 3 is 2.47 bits per heavy atom. The van der Waals surface area contributed by atoms with Gasteiger partial charge in [0.25, 0.3) is 0 Å². The van der Waals surface area contributed by atoms with Crippen LogP contribution in [0.5, 0.6) is 5.75 Å². The van der Waals surface area contributed by atoms with Crippen LogP contribution in [-0.4, -0.2) is 24.0 Å². The molecule has 2 rings (SSSR count). The molecule has 0 bridgehead atoms. The van der Waals surface area contributed by atoms with E-state index in [4.69, 9.17) is 4.74 Å². The van der Waals surface area contributed by atoms with Crippen LogP contribution in [0.3, 0.4) is 0 Å². The van der Waals surface area contributed by atoms with Gasteiger partial charge in [0.05, 0.1) is 18.9 Å². The standard InChI is InChI=1S/C13H18N2O2/c1-17-13-8-4-11(5-9-13)15-14-10-2-6-12(16)7-3-10/h4-5,8-9,12,15-16H,2-3,6-7H2,1H3. The molecular weight excluding hydrogens is 216 g/mol. The largest absolute Gasteiger partial charge is 0.497 e. The van der Waals surface area contributed by atoms with Gasteiger partial charge in [0.1, 0.15) is 5.75 Å². The second-order valence-electron chi connectivity index (χ2n) is 4.25. The average Bonchev–Trinajstić information content (AvgIpc) is 2.39. The molecule has 0 atom stereocenters. The molecule has 0 saturated heterocycles. The fourth-order valence-electron chi connectivity index (χ4n) is 1.86. The molecule has 0 heterocycles. The Morgan fingerprint density at radius 2 is 1.88 bits per heavy atom. The van der Waals surface area contributed by atoms with E-state index in [0.29, 0.717) is 0 Å². The van der Waals surface area contributed by atoms with E-state index in [1.54, 1.807) is 7.11 Å². The van der Waals surface area contributed by atoms with E-state index >= 15 is 0 Å². The van der Waals surface area contributed by atoms with Crippen molar-refractivity contribution in [1.82, 2.24) is 0 Å². The lowest BCUT2D eigenvalue weighted by Gasteiger charge is -2.18. The van der Waals surface area contributed by atoms with E-state index < -0.39 is 0 Å². The lowest BCUT2D eigenvalue weighted by molar-refractivity contribution is 0.152. The fraction of sp³-hybridized carbons (Fsp3) is 0.462. The number of aliphatic hydroxyl groups excluding tert-OH is 1. The minimum Gasteiger partial charge on any atom is -0.497 e. The molecule has 1 aromatic rings. The maximum absolute atomic E-state index is 9.38. The molecule has 0 aromatic heterocycles. The zero-order chi connectivity index (χ0) is 12.1. The highest BCUT2D eigenvalue weighted by molar-refractivity contribution is 5.85. The first-order valence-corrected chi connectivity index (χ1v) is 5.91. The van der Waals surface area contributed by atoms with Crippen LogP contribution in [0.15, 0.2) is 29.4 Å². The highest BCUT2D eigenvalue weighted by Gasteiger charge is 2.14.